The zero-order chi connectivity index (χ0) is 17.7. The molecule has 0 aliphatic carbocycles. The zero-order valence-corrected chi connectivity index (χ0v) is 14.3. The summed E-state index contributed by atoms with van der Waals surface area (Å²) in [7, 11) is 0. The van der Waals surface area contributed by atoms with Crippen LogP contribution in [-0.2, 0) is 4.79 Å². The normalized spacial score (nSPS) is 13.1. The largest absolute Gasteiger partial charge is 0.366 e. The summed E-state index contributed by atoms with van der Waals surface area (Å²) in [5, 5.41) is 6.71. The van der Waals surface area contributed by atoms with Gasteiger partial charge in [0.1, 0.15) is 0 Å². The molecule has 0 aliphatic rings. The van der Waals surface area contributed by atoms with Gasteiger partial charge in [-0.3, -0.25) is 14.9 Å². The fourth-order valence-corrected chi connectivity index (χ4v) is 2.39. The van der Waals surface area contributed by atoms with Gasteiger partial charge in [0.05, 0.1) is 6.04 Å². The first-order valence-electron chi connectivity index (χ1n) is 7.59. The monoisotopic (exact) mass is 345 g/mol. The SMILES string of the molecule is C[C@@H](N[C@H](C)c1ccc(Cl)cc1)C(=O)Nc1ccc(C(N)=O)cc1. The van der Waals surface area contributed by atoms with E-state index in [1.165, 1.54) is 0 Å². The number of benzene rings is 2. The van der Waals surface area contributed by atoms with Gasteiger partial charge in [-0.2, -0.15) is 0 Å². The number of amides is 2. The van der Waals surface area contributed by atoms with E-state index in [4.69, 9.17) is 17.3 Å². The summed E-state index contributed by atoms with van der Waals surface area (Å²) in [5.41, 5.74) is 7.24. The summed E-state index contributed by atoms with van der Waals surface area (Å²) in [6, 6.07) is 13.5. The third-order valence-corrected chi connectivity index (χ3v) is 3.95. The van der Waals surface area contributed by atoms with E-state index in [-0.39, 0.29) is 11.9 Å². The highest BCUT2D eigenvalue weighted by atomic mass is 35.5. The van der Waals surface area contributed by atoms with E-state index in [9.17, 15) is 9.59 Å². The summed E-state index contributed by atoms with van der Waals surface area (Å²) in [4.78, 5) is 23.3. The predicted molar refractivity (Wildman–Crippen MR) is 96.1 cm³/mol. The molecule has 2 atom stereocenters. The van der Waals surface area contributed by atoms with Crippen molar-refractivity contribution in [1.29, 1.82) is 0 Å². The minimum absolute atomic E-state index is 0.000235. The summed E-state index contributed by atoms with van der Waals surface area (Å²) in [5.74, 6) is -0.665. The van der Waals surface area contributed by atoms with E-state index < -0.39 is 11.9 Å². The van der Waals surface area contributed by atoms with Crippen LogP contribution in [0, 0.1) is 0 Å². The van der Waals surface area contributed by atoms with Crippen LogP contribution in [0.15, 0.2) is 48.5 Å². The summed E-state index contributed by atoms with van der Waals surface area (Å²) in [6.45, 7) is 3.77. The van der Waals surface area contributed by atoms with Crippen LogP contribution in [0.1, 0.15) is 35.8 Å². The van der Waals surface area contributed by atoms with E-state index in [0.717, 1.165) is 5.56 Å². The highest BCUT2D eigenvalue weighted by molar-refractivity contribution is 6.30. The van der Waals surface area contributed by atoms with E-state index in [1.807, 2.05) is 31.2 Å². The van der Waals surface area contributed by atoms with Crippen molar-refractivity contribution in [3.8, 4) is 0 Å². The van der Waals surface area contributed by atoms with Gasteiger partial charge in [-0.25, -0.2) is 0 Å². The maximum absolute atomic E-state index is 12.3. The lowest BCUT2D eigenvalue weighted by atomic mass is 10.1. The number of carbonyl (C=O) groups is 2. The molecular weight excluding hydrogens is 326 g/mol. The topological polar surface area (TPSA) is 84.2 Å². The fraction of sp³-hybridized carbons (Fsp3) is 0.222. The molecule has 24 heavy (non-hydrogen) atoms. The van der Waals surface area contributed by atoms with Gasteiger partial charge in [0.2, 0.25) is 11.8 Å². The van der Waals surface area contributed by atoms with Crippen molar-refractivity contribution in [2.45, 2.75) is 25.9 Å². The molecule has 2 aromatic rings. The van der Waals surface area contributed by atoms with Gasteiger partial charge < -0.3 is 11.1 Å². The van der Waals surface area contributed by atoms with Crippen LogP contribution in [0.4, 0.5) is 5.69 Å². The first-order valence-corrected chi connectivity index (χ1v) is 7.97. The third-order valence-electron chi connectivity index (χ3n) is 3.70. The molecule has 0 unspecified atom stereocenters. The van der Waals surface area contributed by atoms with Crippen molar-refractivity contribution in [2.24, 2.45) is 5.73 Å². The van der Waals surface area contributed by atoms with Crippen molar-refractivity contribution in [3.05, 3.63) is 64.7 Å². The average Bonchev–Trinajstić information content (AvgIpc) is 2.55. The van der Waals surface area contributed by atoms with Gasteiger partial charge in [-0.05, 0) is 55.8 Å². The van der Waals surface area contributed by atoms with Crippen LogP contribution >= 0.6 is 11.6 Å². The van der Waals surface area contributed by atoms with Crippen molar-refractivity contribution >= 4 is 29.1 Å². The maximum Gasteiger partial charge on any atom is 0.248 e. The fourth-order valence-electron chi connectivity index (χ4n) is 2.27. The first kappa shape index (κ1) is 18.0. The Bertz CT molecular complexity index is 714. The molecule has 0 saturated carbocycles. The Balaban J connectivity index is 1.93. The summed E-state index contributed by atoms with van der Waals surface area (Å²) < 4.78 is 0. The highest BCUT2D eigenvalue weighted by Crippen LogP contribution is 2.17. The Morgan fingerprint density at radius 1 is 1.00 bits per heavy atom. The van der Waals surface area contributed by atoms with Gasteiger partial charge in [0, 0.05) is 22.3 Å². The Labute approximate surface area is 146 Å². The molecule has 0 bridgehead atoms. The standard InChI is InChI=1S/C18H20ClN3O2/c1-11(13-3-7-15(19)8-4-13)21-12(2)18(24)22-16-9-5-14(6-10-16)17(20)23/h3-12,21H,1-2H3,(H2,20,23)(H,22,24)/t11-,12-/m1/s1. The smallest absolute Gasteiger partial charge is 0.248 e. The van der Waals surface area contributed by atoms with Crippen LogP contribution in [0.5, 0.6) is 0 Å². The van der Waals surface area contributed by atoms with Crippen molar-refractivity contribution in [2.75, 3.05) is 5.32 Å². The van der Waals surface area contributed by atoms with Gasteiger partial charge in [0.15, 0.2) is 0 Å². The van der Waals surface area contributed by atoms with Gasteiger partial charge in [-0.1, -0.05) is 23.7 Å². The molecule has 0 radical (unpaired) electrons. The van der Waals surface area contributed by atoms with Gasteiger partial charge in [0.25, 0.3) is 0 Å². The van der Waals surface area contributed by atoms with Crippen LogP contribution in [0.2, 0.25) is 5.02 Å². The Morgan fingerprint density at radius 3 is 2.12 bits per heavy atom. The molecule has 0 saturated heterocycles. The summed E-state index contributed by atoms with van der Waals surface area (Å²) in [6.07, 6.45) is 0. The van der Waals surface area contributed by atoms with Gasteiger partial charge >= 0.3 is 0 Å². The molecule has 5 nitrogen and oxygen atoms in total. The number of carbonyl (C=O) groups excluding carboxylic acids is 2. The molecule has 0 spiro atoms. The minimum Gasteiger partial charge on any atom is -0.366 e. The molecule has 0 aromatic heterocycles. The number of hydrogen-bond donors (Lipinski definition) is 3. The Hall–Kier alpha value is -2.37. The van der Waals surface area contributed by atoms with Gasteiger partial charge in [-0.15, -0.1) is 0 Å². The Kier molecular flexibility index (Phi) is 5.95. The minimum atomic E-state index is -0.500. The van der Waals surface area contributed by atoms with E-state index in [2.05, 4.69) is 10.6 Å². The van der Waals surface area contributed by atoms with Crippen LogP contribution in [0.25, 0.3) is 0 Å². The Morgan fingerprint density at radius 2 is 1.58 bits per heavy atom. The predicted octanol–water partition coefficient (Wildman–Crippen LogP) is 3.12. The molecule has 0 heterocycles. The molecule has 0 fully saturated rings. The van der Waals surface area contributed by atoms with E-state index in [1.54, 1.807) is 31.2 Å². The highest BCUT2D eigenvalue weighted by Gasteiger charge is 2.16. The lowest BCUT2D eigenvalue weighted by Crippen LogP contribution is -2.39. The molecule has 2 aromatic carbocycles. The molecule has 0 aliphatic heterocycles. The second-order valence-electron chi connectivity index (χ2n) is 5.59. The second kappa shape index (κ2) is 7.95. The maximum atomic E-state index is 12.3. The first-order chi connectivity index (χ1) is 11.4. The molecule has 4 N–H and O–H groups in total. The number of primary amides is 1. The number of anilines is 1. The third kappa shape index (κ3) is 4.81. The van der Waals surface area contributed by atoms with Crippen molar-refractivity contribution in [3.63, 3.8) is 0 Å². The molecule has 2 rings (SSSR count). The lowest BCUT2D eigenvalue weighted by Gasteiger charge is -2.20. The quantitative estimate of drug-likeness (QED) is 0.752. The van der Waals surface area contributed by atoms with Crippen LogP contribution < -0.4 is 16.4 Å². The van der Waals surface area contributed by atoms with E-state index >= 15 is 0 Å². The average molecular weight is 346 g/mol. The number of halogens is 1. The van der Waals surface area contributed by atoms with E-state index in [0.29, 0.717) is 16.3 Å². The number of rotatable bonds is 6. The van der Waals surface area contributed by atoms with Crippen molar-refractivity contribution < 1.29 is 9.59 Å². The molecule has 2 amide bonds. The molecular formula is C18H20ClN3O2. The lowest BCUT2D eigenvalue weighted by molar-refractivity contribution is -0.117. The number of hydrogen-bond acceptors (Lipinski definition) is 3. The van der Waals surface area contributed by atoms with Crippen molar-refractivity contribution in [1.82, 2.24) is 5.32 Å². The van der Waals surface area contributed by atoms with Crippen LogP contribution in [-0.4, -0.2) is 17.9 Å². The number of nitrogens with one attached hydrogen (secondary N) is 2. The summed E-state index contributed by atoms with van der Waals surface area (Å²) >= 11 is 5.88. The van der Waals surface area contributed by atoms with Crippen LogP contribution in [0.3, 0.4) is 0 Å². The molecule has 126 valence electrons. The molecule has 6 heteroatoms. The number of nitrogens with two attached hydrogens (primary N) is 1. The zero-order valence-electron chi connectivity index (χ0n) is 13.5. The second-order valence-corrected chi connectivity index (χ2v) is 6.03.